The molecule has 226 valence electrons. The molecule has 0 aliphatic heterocycles. The first-order chi connectivity index (χ1) is 18.1. The highest BCUT2D eigenvalue weighted by molar-refractivity contribution is 5.85. The first-order valence-electron chi connectivity index (χ1n) is 14.3. The zero-order chi connectivity index (χ0) is 28.1. The van der Waals surface area contributed by atoms with Crippen molar-refractivity contribution in [3.05, 3.63) is 23.8 Å². The number of aliphatic hydroxyl groups is 1. The molecule has 8 nitrogen and oxygen atoms in total. The molecular formula is C30H53ClN2O6. The summed E-state index contributed by atoms with van der Waals surface area (Å²) in [7, 11) is 3.31. The summed E-state index contributed by atoms with van der Waals surface area (Å²) in [5.41, 5.74) is 6.62. The van der Waals surface area contributed by atoms with Gasteiger partial charge in [-0.3, -0.25) is 4.79 Å². The van der Waals surface area contributed by atoms with E-state index >= 15 is 0 Å². The molecule has 2 rings (SSSR count). The maximum Gasteiger partial charge on any atom is 0.251 e. The maximum atomic E-state index is 12.8. The number of hydrogen-bond acceptors (Lipinski definition) is 7. The average molecular weight is 573 g/mol. The molecule has 0 saturated heterocycles. The van der Waals surface area contributed by atoms with Crippen LogP contribution in [0.15, 0.2) is 18.2 Å². The summed E-state index contributed by atoms with van der Waals surface area (Å²) in [6, 6.07) is 5.54. The second-order valence-corrected chi connectivity index (χ2v) is 11.5. The van der Waals surface area contributed by atoms with Crippen LogP contribution in [0, 0.1) is 11.8 Å². The number of hydrogen-bond donors (Lipinski definition) is 3. The molecule has 1 aromatic rings. The predicted octanol–water partition coefficient (Wildman–Crippen LogP) is 4.67. The lowest BCUT2D eigenvalue weighted by atomic mass is 9.83. The van der Waals surface area contributed by atoms with Crippen LogP contribution in [-0.4, -0.2) is 68.8 Å². The number of rotatable bonds is 17. The number of nitrogens with two attached hydrogens (primary N) is 1. The minimum absolute atomic E-state index is 0. The van der Waals surface area contributed by atoms with E-state index < -0.39 is 17.7 Å². The van der Waals surface area contributed by atoms with Crippen LogP contribution >= 0.6 is 12.4 Å². The molecule has 0 heterocycles. The lowest BCUT2D eigenvalue weighted by Crippen LogP contribution is -2.51. The third-order valence-electron chi connectivity index (χ3n) is 7.52. The lowest BCUT2D eigenvalue weighted by Gasteiger charge is -2.32. The molecule has 0 bridgehead atoms. The van der Waals surface area contributed by atoms with Crippen molar-refractivity contribution >= 4 is 18.3 Å². The van der Waals surface area contributed by atoms with Gasteiger partial charge in [0.15, 0.2) is 11.5 Å². The standard InChI is InChI=1S/C30H52N2O6.ClH/c1-21(2)23(17-22-13-14-27(36-6)28(18-22)37-16-10-15-35-5)19-25(31)26(33)20-32-29(34)30(3,4)38-24-11-8-7-9-12-24;/h13-14,18,21,23-26,33H,7-12,15-17,19-20,31H2,1-6H3,(H,32,34);1H. The molecule has 0 spiro atoms. The number of halogens is 1. The molecule has 1 aliphatic carbocycles. The van der Waals surface area contributed by atoms with Gasteiger partial charge in [0.25, 0.3) is 5.91 Å². The number of carbonyl (C=O) groups excluding carboxylic acids is 1. The summed E-state index contributed by atoms with van der Waals surface area (Å²) in [4.78, 5) is 12.8. The van der Waals surface area contributed by atoms with Crippen LogP contribution in [0.25, 0.3) is 0 Å². The third-order valence-corrected chi connectivity index (χ3v) is 7.52. The highest BCUT2D eigenvalue weighted by atomic mass is 35.5. The molecule has 4 N–H and O–H groups in total. The van der Waals surface area contributed by atoms with Crippen molar-refractivity contribution < 1.29 is 28.8 Å². The number of carbonyl (C=O) groups is 1. The van der Waals surface area contributed by atoms with E-state index in [1.54, 1.807) is 28.1 Å². The van der Waals surface area contributed by atoms with E-state index in [1.165, 1.54) is 6.42 Å². The van der Waals surface area contributed by atoms with Crippen LogP contribution < -0.4 is 20.5 Å². The van der Waals surface area contributed by atoms with E-state index in [-0.39, 0.29) is 36.9 Å². The van der Waals surface area contributed by atoms with Gasteiger partial charge >= 0.3 is 0 Å². The van der Waals surface area contributed by atoms with E-state index in [0.717, 1.165) is 44.1 Å². The Labute approximate surface area is 242 Å². The Kier molecular flexibility index (Phi) is 16.3. The fourth-order valence-corrected chi connectivity index (χ4v) is 4.96. The zero-order valence-corrected chi connectivity index (χ0v) is 25.7. The van der Waals surface area contributed by atoms with Crippen molar-refractivity contribution in [3.8, 4) is 11.5 Å². The summed E-state index contributed by atoms with van der Waals surface area (Å²) in [5, 5.41) is 13.6. The van der Waals surface area contributed by atoms with Gasteiger partial charge in [0.05, 0.1) is 25.9 Å². The monoisotopic (exact) mass is 572 g/mol. The van der Waals surface area contributed by atoms with E-state index in [2.05, 4.69) is 19.2 Å². The molecule has 1 aliphatic rings. The third kappa shape index (κ3) is 12.2. The van der Waals surface area contributed by atoms with Crippen LogP contribution in [0.3, 0.4) is 0 Å². The van der Waals surface area contributed by atoms with Crippen molar-refractivity contribution in [2.24, 2.45) is 17.6 Å². The van der Waals surface area contributed by atoms with Gasteiger partial charge < -0.3 is 35.1 Å². The van der Waals surface area contributed by atoms with Crippen LogP contribution in [0.5, 0.6) is 11.5 Å². The minimum Gasteiger partial charge on any atom is -0.493 e. The molecule has 1 saturated carbocycles. The number of aliphatic hydroxyl groups excluding tert-OH is 1. The Morgan fingerprint density at radius 1 is 1.13 bits per heavy atom. The maximum absolute atomic E-state index is 12.8. The topological polar surface area (TPSA) is 112 Å². The van der Waals surface area contributed by atoms with Gasteiger partial charge in [-0.25, -0.2) is 0 Å². The summed E-state index contributed by atoms with van der Waals surface area (Å²) in [6.45, 7) is 9.22. The Hall–Kier alpha value is -1.58. The molecule has 9 heteroatoms. The van der Waals surface area contributed by atoms with E-state index in [0.29, 0.717) is 37.1 Å². The molecule has 3 atom stereocenters. The van der Waals surface area contributed by atoms with Crippen LogP contribution in [0.4, 0.5) is 0 Å². The van der Waals surface area contributed by atoms with Gasteiger partial charge in [-0.2, -0.15) is 0 Å². The molecule has 0 radical (unpaired) electrons. The lowest BCUT2D eigenvalue weighted by molar-refractivity contribution is -0.152. The molecule has 3 unspecified atom stereocenters. The summed E-state index contributed by atoms with van der Waals surface area (Å²) >= 11 is 0. The predicted molar refractivity (Wildman–Crippen MR) is 158 cm³/mol. The van der Waals surface area contributed by atoms with E-state index in [9.17, 15) is 9.90 Å². The molecule has 39 heavy (non-hydrogen) atoms. The molecular weight excluding hydrogens is 520 g/mol. The molecule has 0 aromatic heterocycles. The van der Waals surface area contributed by atoms with Crippen LogP contribution in [-0.2, 0) is 20.7 Å². The zero-order valence-electron chi connectivity index (χ0n) is 24.9. The fraction of sp³-hybridized carbons (Fsp3) is 0.767. The summed E-state index contributed by atoms with van der Waals surface area (Å²) < 4.78 is 22.6. The first-order valence-corrected chi connectivity index (χ1v) is 14.3. The molecule has 1 aromatic carbocycles. The van der Waals surface area contributed by atoms with Crippen molar-refractivity contribution in [1.82, 2.24) is 5.32 Å². The smallest absolute Gasteiger partial charge is 0.251 e. The van der Waals surface area contributed by atoms with Gasteiger partial charge in [0.1, 0.15) is 5.60 Å². The van der Waals surface area contributed by atoms with Gasteiger partial charge in [-0.15, -0.1) is 12.4 Å². The SMILES string of the molecule is COCCCOc1cc(CC(CC(N)C(O)CNC(=O)C(C)(C)OC2CCCCC2)C(C)C)ccc1OC.Cl. The summed E-state index contributed by atoms with van der Waals surface area (Å²) in [5.74, 6) is 1.81. The summed E-state index contributed by atoms with van der Waals surface area (Å²) in [6.07, 6.45) is 7.02. The Balaban J connectivity index is 0.00000760. The minimum atomic E-state index is -0.940. The van der Waals surface area contributed by atoms with Gasteiger partial charge in [-0.05, 0) is 69.1 Å². The average Bonchev–Trinajstić information content (AvgIpc) is 2.89. The van der Waals surface area contributed by atoms with Crippen molar-refractivity contribution in [2.75, 3.05) is 34.0 Å². The van der Waals surface area contributed by atoms with Crippen LogP contribution in [0.1, 0.15) is 78.2 Å². The highest BCUT2D eigenvalue weighted by Crippen LogP contribution is 2.31. The Morgan fingerprint density at radius 2 is 1.82 bits per heavy atom. The Morgan fingerprint density at radius 3 is 2.44 bits per heavy atom. The second-order valence-electron chi connectivity index (χ2n) is 11.5. The van der Waals surface area contributed by atoms with Gasteiger partial charge in [-0.1, -0.05) is 39.2 Å². The quantitative estimate of drug-likeness (QED) is 0.233. The second kappa shape index (κ2) is 18.0. The van der Waals surface area contributed by atoms with Gasteiger partial charge in [0, 0.05) is 32.7 Å². The number of amides is 1. The van der Waals surface area contributed by atoms with E-state index in [1.807, 2.05) is 18.2 Å². The van der Waals surface area contributed by atoms with Crippen molar-refractivity contribution in [3.63, 3.8) is 0 Å². The number of nitrogens with one attached hydrogen (secondary N) is 1. The normalized spacial score (nSPS) is 16.7. The highest BCUT2D eigenvalue weighted by Gasteiger charge is 2.33. The number of benzene rings is 1. The molecule has 1 fully saturated rings. The number of methoxy groups -OCH3 is 2. The fourth-order valence-electron chi connectivity index (χ4n) is 4.96. The van der Waals surface area contributed by atoms with E-state index in [4.69, 9.17) is 24.7 Å². The van der Waals surface area contributed by atoms with Crippen LogP contribution in [0.2, 0.25) is 0 Å². The van der Waals surface area contributed by atoms with Crippen molar-refractivity contribution in [2.45, 2.75) is 103 Å². The largest absolute Gasteiger partial charge is 0.493 e. The molecule has 1 amide bonds. The first kappa shape index (κ1) is 35.4. The number of ether oxygens (including phenoxy) is 4. The Bertz CT molecular complexity index is 832. The van der Waals surface area contributed by atoms with Gasteiger partial charge in [0.2, 0.25) is 0 Å². The van der Waals surface area contributed by atoms with Crippen molar-refractivity contribution in [1.29, 1.82) is 0 Å².